The van der Waals surface area contributed by atoms with Crippen LogP contribution >= 0.6 is 0 Å². The van der Waals surface area contributed by atoms with Crippen LogP contribution in [-0.2, 0) is 38.8 Å². The fourth-order valence-corrected chi connectivity index (χ4v) is 3.85. The summed E-state index contributed by atoms with van der Waals surface area (Å²) in [5, 5.41) is 0. The molecule has 2 unspecified atom stereocenters. The molecule has 4 rings (SSSR count). The second-order valence-electron chi connectivity index (χ2n) is 7.98. The van der Waals surface area contributed by atoms with Gasteiger partial charge >= 0.3 is 0 Å². The molecule has 1 aliphatic heterocycles. The summed E-state index contributed by atoms with van der Waals surface area (Å²) in [6, 6.07) is 29.4. The highest BCUT2D eigenvalue weighted by atomic mass is 19.1. The van der Waals surface area contributed by atoms with Crippen LogP contribution in [0.2, 0.25) is 0 Å². The van der Waals surface area contributed by atoms with E-state index in [0.717, 1.165) is 16.7 Å². The zero-order chi connectivity index (χ0) is 22.2. The van der Waals surface area contributed by atoms with Gasteiger partial charge in [-0.2, -0.15) is 0 Å². The Morgan fingerprint density at radius 2 is 0.969 bits per heavy atom. The molecule has 4 nitrogen and oxygen atoms in total. The van der Waals surface area contributed by atoms with Gasteiger partial charge in [-0.3, -0.25) is 0 Å². The topological polar surface area (TPSA) is 36.9 Å². The van der Waals surface area contributed by atoms with E-state index < -0.39 is 30.8 Å². The summed E-state index contributed by atoms with van der Waals surface area (Å²) < 4.78 is 39.1. The molecule has 1 aliphatic rings. The Bertz CT molecular complexity index is 867. The van der Waals surface area contributed by atoms with E-state index in [1.54, 1.807) is 0 Å². The zero-order valence-corrected chi connectivity index (χ0v) is 18.2. The van der Waals surface area contributed by atoms with Crippen LogP contribution in [0.15, 0.2) is 91.0 Å². The predicted octanol–water partition coefficient (Wildman–Crippen LogP) is 5.46. The normalized spacial score (nSPS) is 25.5. The first-order valence-electron chi connectivity index (χ1n) is 11.0. The maximum absolute atomic E-state index is 15.0. The van der Waals surface area contributed by atoms with Crippen molar-refractivity contribution in [1.29, 1.82) is 0 Å². The third-order valence-corrected chi connectivity index (χ3v) is 5.57. The van der Waals surface area contributed by atoms with Gasteiger partial charge in [-0.05, 0) is 23.6 Å². The molecule has 1 fully saturated rings. The molecular formula is C27H29FO4. The van der Waals surface area contributed by atoms with Gasteiger partial charge in [-0.1, -0.05) is 91.0 Å². The molecule has 168 valence electrons. The third kappa shape index (κ3) is 6.02. The van der Waals surface area contributed by atoms with Crippen molar-refractivity contribution >= 4 is 0 Å². The van der Waals surface area contributed by atoms with E-state index in [9.17, 15) is 0 Å². The number of ether oxygens (including phenoxy) is 4. The number of benzene rings is 3. The van der Waals surface area contributed by atoms with E-state index in [-0.39, 0.29) is 6.61 Å². The minimum atomic E-state index is -1.61. The van der Waals surface area contributed by atoms with Gasteiger partial charge in [-0.15, -0.1) is 0 Å². The Kier molecular flexibility index (Phi) is 8.02. The highest BCUT2D eigenvalue weighted by molar-refractivity contribution is 5.15. The highest BCUT2D eigenvalue weighted by Crippen LogP contribution is 2.30. The van der Waals surface area contributed by atoms with Crippen molar-refractivity contribution in [2.45, 2.75) is 57.5 Å². The van der Waals surface area contributed by atoms with Crippen LogP contribution in [0.5, 0.6) is 0 Å². The lowest BCUT2D eigenvalue weighted by Gasteiger charge is -2.42. The first-order valence-corrected chi connectivity index (χ1v) is 11.0. The Balaban J connectivity index is 1.50. The molecule has 0 aliphatic carbocycles. The van der Waals surface area contributed by atoms with E-state index in [2.05, 4.69) is 0 Å². The summed E-state index contributed by atoms with van der Waals surface area (Å²) in [7, 11) is 0. The Labute approximate surface area is 188 Å². The summed E-state index contributed by atoms with van der Waals surface area (Å²) >= 11 is 0. The van der Waals surface area contributed by atoms with E-state index in [1.807, 2.05) is 97.9 Å². The van der Waals surface area contributed by atoms with Crippen LogP contribution in [0.3, 0.4) is 0 Å². The van der Waals surface area contributed by atoms with Crippen molar-refractivity contribution in [3.8, 4) is 0 Å². The molecule has 3 aromatic carbocycles. The molecule has 1 heterocycles. The third-order valence-electron chi connectivity index (χ3n) is 5.57. The predicted molar refractivity (Wildman–Crippen MR) is 121 cm³/mol. The molecule has 32 heavy (non-hydrogen) atoms. The molecule has 5 atom stereocenters. The Morgan fingerprint density at radius 1 is 0.594 bits per heavy atom. The van der Waals surface area contributed by atoms with E-state index in [4.69, 9.17) is 18.9 Å². The second-order valence-corrected chi connectivity index (χ2v) is 7.98. The van der Waals surface area contributed by atoms with Crippen LogP contribution in [0.4, 0.5) is 4.39 Å². The highest BCUT2D eigenvalue weighted by Gasteiger charge is 2.47. The number of alkyl halides is 1. The number of hydrogen-bond donors (Lipinski definition) is 0. The van der Waals surface area contributed by atoms with Gasteiger partial charge in [0.15, 0.2) is 0 Å². The van der Waals surface area contributed by atoms with Crippen molar-refractivity contribution in [2.75, 3.05) is 0 Å². The number of hydrogen-bond acceptors (Lipinski definition) is 4. The van der Waals surface area contributed by atoms with E-state index >= 15 is 4.39 Å². The molecular weight excluding hydrogens is 407 g/mol. The molecule has 5 heteroatoms. The van der Waals surface area contributed by atoms with Crippen LogP contribution in [0.25, 0.3) is 0 Å². The summed E-state index contributed by atoms with van der Waals surface area (Å²) in [6.07, 6.45) is -4.10. The first-order chi connectivity index (χ1) is 15.7. The summed E-state index contributed by atoms with van der Waals surface area (Å²) in [6.45, 7) is 2.79. The minimum Gasteiger partial charge on any atom is -0.368 e. The largest absolute Gasteiger partial charge is 0.368 e. The fraction of sp³-hybridized carbons (Fsp3) is 0.333. The maximum atomic E-state index is 15.0. The molecule has 1 saturated heterocycles. The minimum absolute atomic E-state index is 0.264. The summed E-state index contributed by atoms with van der Waals surface area (Å²) in [5.74, 6) is 0. The molecule has 3 aromatic rings. The molecule has 0 spiro atoms. The molecule has 0 aromatic heterocycles. The lowest BCUT2D eigenvalue weighted by Crippen LogP contribution is -2.58. The smallest absolute Gasteiger partial charge is 0.228 e. The van der Waals surface area contributed by atoms with Crippen LogP contribution < -0.4 is 0 Å². The van der Waals surface area contributed by atoms with Crippen LogP contribution in [0, 0.1) is 0 Å². The van der Waals surface area contributed by atoms with Crippen LogP contribution in [0.1, 0.15) is 23.6 Å². The molecule has 0 bridgehead atoms. The maximum Gasteiger partial charge on any atom is 0.228 e. The second kappa shape index (κ2) is 11.3. The van der Waals surface area contributed by atoms with E-state index in [0.29, 0.717) is 13.2 Å². The molecule has 0 saturated carbocycles. The average Bonchev–Trinajstić information content (AvgIpc) is 2.83. The van der Waals surface area contributed by atoms with Gasteiger partial charge in [0, 0.05) is 0 Å². The van der Waals surface area contributed by atoms with Gasteiger partial charge in [0.1, 0.15) is 18.3 Å². The summed E-state index contributed by atoms with van der Waals surface area (Å²) in [5.41, 5.74) is 3.00. The molecule has 0 N–H and O–H groups in total. The van der Waals surface area contributed by atoms with Crippen molar-refractivity contribution < 1.29 is 23.3 Å². The number of rotatable bonds is 9. The monoisotopic (exact) mass is 436 g/mol. The van der Waals surface area contributed by atoms with Gasteiger partial charge in [0.2, 0.25) is 6.36 Å². The van der Waals surface area contributed by atoms with Crippen molar-refractivity contribution in [3.05, 3.63) is 108 Å². The Hall–Kier alpha value is -2.57. The van der Waals surface area contributed by atoms with Crippen molar-refractivity contribution in [3.63, 3.8) is 0 Å². The lowest BCUT2D eigenvalue weighted by molar-refractivity contribution is -0.288. The number of halogens is 1. The SMILES string of the molecule is CC1O[C@@H](F)C(OCc2ccccc2)[C@H](OCc2ccccc2)[C@H]1OCc1ccccc1. The quantitative estimate of drug-likeness (QED) is 0.447. The van der Waals surface area contributed by atoms with Gasteiger partial charge < -0.3 is 18.9 Å². The molecule has 0 radical (unpaired) electrons. The Morgan fingerprint density at radius 3 is 1.41 bits per heavy atom. The van der Waals surface area contributed by atoms with Crippen LogP contribution in [-0.4, -0.2) is 30.8 Å². The van der Waals surface area contributed by atoms with Gasteiger partial charge in [0.25, 0.3) is 0 Å². The van der Waals surface area contributed by atoms with Gasteiger partial charge in [0.05, 0.1) is 25.9 Å². The lowest BCUT2D eigenvalue weighted by atomic mass is 9.99. The zero-order valence-electron chi connectivity index (χ0n) is 18.2. The molecule has 0 amide bonds. The standard InChI is InChI=1S/C27H29FO4/c1-20-24(29-17-21-11-5-2-6-12-21)25(30-18-22-13-7-3-8-14-22)26(27(28)32-20)31-19-23-15-9-4-10-16-23/h2-16,20,24-27H,17-19H2,1H3/t20?,24-,25+,26?,27+/m0/s1. The first kappa shape index (κ1) is 22.6. The van der Waals surface area contributed by atoms with E-state index in [1.165, 1.54) is 0 Å². The van der Waals surface area contributed by atoms with Crippen molar-refractivity contribution in [2.24, 2.45) is 0 Å². The summed E-state index contributed by atoms with van der Waals surface area (Å²) in [4.78, 5) is 0. The van der Waals surface area contributed by atoms with Gasteiger partial charge in [-0.25, -0.2) is 4.39 Å². The van der Waals surface area contributed by atoms with Crippen molar-refractivity contribution in [1.82, 2.24) is 0 Å². The fourth-order valence-electron chi connectivity index (χ4n) is 3.85. The average molecular weight is 437 g/mol.